The highest BCUT2D eigenvalue weighted by Gasteiger charge is 2.44. The molecule has 0 aromatic carbocycles. The number of carbonyl (C=O) groups is 1. The summed E-state index contributed by atoms with van der Waals surface area (Å²) in [6.45, 7) is 3.47. The second-order valence-electron chi connectivity index (χ2n) is 23.2. The van der Waals surface area contributed by atoms with Gasteiger partial charge in [0.15, 0.2) is 6.29 Å². The summed E-state index contributed by atoms with van der Waals surface area (Å²) in [6, 6.07) is -1.19. The maximum Gasteiger partial charge on any atom is 0.249 e. The lowest BCUT2D eigenvalue weighted by Crippen LogP contribution is -2.60. The van der Waals surface area contributed by atoms with E-state index in [1.807, 2.05) is 0 Å². The minimum atomic E-state index is -1.67. The smallest absolute Gasteiger partial charge is 0.249 e. The quantitative estimate of drug-likeness (QED) is 0.0215. The topological polar surface area (TPSA) is 189 Å². The molecule has 1 heterocycles. The van der Waals surface area contributed by atoms with Gasteiger partial charge in [0.1, 0.15) is 36.6 Å². The Kier molecular flexibility index (Phi) is 52.3. The molecule has 0 aromatic heterocycles. The molecule has 0 bridgehead atoms. The van der Waals surface area contributed by atoms with E-state index in [4.69, 9.17) is 9.47 Å². The molecule has 1 aliphatic rings. The first-order valence-corrected chi connectivity index (χ1v) is 32.9. The van der Waals surface area contributed by atoms with Gasteiger partial charge < -0.3 is 50.5 Å². The normalized spacial score (nSPS) is 19.7. The van der Waals surface area contributed by atoms with Crippen LogP contribution in [0.15, 0.2) is 36.5 Å². The van der Waals surface area contributed by atoms with E-state index >= 15 is 0 Å². The van der Waals surface area contributed by atoms with Crippen LogP contribution in [0, 0.1) is 0 Å². The lowest BCUT2D eigenvalue weighted by molar-refractivity contribution is -0.303. The van der Waals surface area contributed by atoms with Crippen LogP contribution >= 0.6 is 0 Å². The number of hydrogen-bond donors (Lipinski definition) is 8. The van der Waals surface area contributed by atoms with Gasteiger partial charge in [-0.15, -0.1) is 0 Å². The number of allylic oxidation sites excluding steroid dienone is 6. The molecule has 0 spiro atoms. The number of rotatable bonds is 57. The zero-order chi connectivity index (χ0) is 56.1. The predicted octanol–water partition coefficient (Wildman–Crippen LogP) is 15.0. The highest BCUT2D eigenvalue weighted by molar-refractivity contribution is 5.80. The summed E-state index contributed by atoms with van der Waals surface area (Å²) < 4.78 is 11.1. The molecule has 1 amide bonds. The van der Waals surface area contributed by atoms with Crippen LogP contribution in [0.3, 0.4) is 0 Å². The highest BCUT2D eigenvalue weighted by atomic mass is 16.7. The maximum atomic E-state index is 13.2. The van der Waals surface area contributed by atoms with Gasteiger partial charge >= 0.3 is 0 Å². The fourth-order valence-electron chi connectivity index (χ4n) is 10.6. The van der Waals surface area contributed by atoms with Crippen molar-refractivity contribution in [3.05, 3.63) is 36.5 Å². The van der Waals surface area contributed by atoms with E-state index in [2.05, 4.69) is 55.6 Å². The van der Waals surface area contributed by atoms with Gasteiger partial charge in [0.25, 0.3) is 0 Å². The molecule has 1 aliphatic heterocycles. The Hall–Kier alpha value is -1.67. The molecule has 1 fully saturated rings. The first kappa shape index (κ1) is 73.3. The van der Waals surface area contributed by atoms with Crippen LogP contribution in [0.25, 0.3) is 0 Å². The monoisotopic (exact) mass is 1090 g/mol. The molecule has 8 N–H and O–H groups in total. The van der Waals surface area contributed by atoms with Crippen LogP contribution in [0.4, 0.5) is 0 Å². The van der Waals surface area contributed by atoms with Crippen LogP contribution in [0.5, 0.6) is 0 Å². The highest BCUT2D eigenvalue weighted by Crippen LogP contribution is 2.24. The lowest BCUT2D eigenvalue weighted by atomic mass is 9.98. The third-order valence-electron chi connectivity index (χ3n) is 15.9. The average molecular weight is 1090 g/mol. The van der Waals surface area contributed by atoms with E-state index in [-0.39, 0.29) is 12.8 Å². The first-order chi connectivity index (χ1) is 37.7. The van der Waals surface area contributed by atoms with Crippen LogP contribution in [-0.4, -0.2) is 110 Å². The number of hydrogen-bond acceptors (Lipinski definition) is 10. The molecular weight excluding hydrogens is 967 g/mol. The molecule has 0 aliphatic carbocycles. The number of nitrogens with one attached hydrogen (secondary N) is 1. The lowest BCUT2D eigenvalue weighted by Gasteiger charge is -2.40. The molecule has 0 radical (unpaired) electrons. The van der Waals surface area contributed by atoms with Gasteiger partial charge in [0, 0.05) is 0 Å². The van der Waals surface area contributed by atoms with E-state index in [9.17, 15) is 40.5 Å². The van der Waals surface area contributed by atoms with Crippen LogP contribution in [0.2, 0.25) is 0 Å². The first-order valence-electron chi connectivity index (χ1n) is 32.9. The number of aliphatic hydroxyl groups excluding tert-OH is 7. The van der Waals surface area contributed by atoms with Gasteiger partial charge in [-0.2, -0.15) is 0 Å². The predicted molar refractivity (Wildman–Crippen MR) is 321 cm³/mol. The van der Waals surface area contributed by atoms with Crippen molar-refractivity contribution in [3.8, 4) is 0 Å². The van der Waals surface area contributed by atoms with E-state index in [1.54, 1.807) is 0 Å². The summed E-state index contributed by atoms with van der Waals surface area (Å²) in [5, 5.41) is 76.3. The number of amides is 1. The molecular formula is C66H125NO10. The van der Waals surface area contributed by atoms with Gasteiger partial charge in [-0.1, -0.05) is 281 Å². The Balaban J connectivity index is 2.25. The van der Waals surface area contributed by atoms with Gasteiger partial charge in [-0.05, 0) is 64.2 Å². The number of carbonyl (C=O) groups excluding carboxylic acids is 1. The third-order valence-corrected chi connectivity index (χ3v) is 15.9. The van der Waals surface area contributed by atoms with Crippen molar-refractivity contribution in [2.75, 3.05) is 13.2 Å². The number of unbranched alkanes of at least 4 members (excludes halogenated alkanes) is 39. The molecule has 9 unspecified atom stereocenters. The van der Waals surface area contributed by atoms with Gasteiger partial charge in [0.05, 0.1) is 25.4 Å². The van der Waals surface area contributed by atoms with Crippen molar-refractivity contribution in [3.63, 3.8) is 0 Å². The summed E-state index contributed by atoms with van der Waals surface area (Å²) in [6.07, 6.45) is 58.0. The fraction of sp³-hybridized carbons (Fsp3) is 0.894. The van der Waals surface area contributed by atoms with E-state index in [0.29, 0.717) is 19.3 Å². The van der Waals surface area contributed by atoms with E-state index in [1.165, 1.54) is 218 Å². The molecule has 0 aromatic rings. The van der Waals surface area contributed by atoms with Crippen molar-refractivity contribution in [2.45, 2.75) is 364 Å². The van der Waals surface area contributed by atoms with Crippen LogP contribution < -0.4 is 5.32 Å². The van der Waals surface area contributed by atoms with Crippen molar-refractivity contribution < 1.29 is 50.0 Å². The van der Waals surface area contributed by atoms with Gasteiger partial charge in [-0.25, -0.2) is 0 Å². The van der Waals surface area contributed by atoms with Gasteiger partial charge in [0.2, 0.25) is 5.91 Å². The van der Waals surface area contributed by atoms with Crippen LogP contribution in [0.1, 0.15) is 309 Å². The minimum Gasteiger partial charge on any atom is -0.394 e. The Morgan fingerprint density at radius 1 is 0.442 bits per heavy atom. The summed E-state index contributed by atoms with van der Waals surface area (Å²) in [5.41, 5.74) is 0. The van der Waals surface area contributed by atoms with Crippen molar-refractivity contribution in [2.24, 2.45) is 0 Å². The van der Waals surface area contributed by atoms with E-state index < -0.39 is 74.2 Å². The molecule has 9 atom stereocenters. The standard InChI is InChI=1S/C66H125NO10/c1-3-5-7-9-11-13-15-17-19-21-23-24-25-26-27-28-29-30-31-32-33-34-35-36-38-39-41-43-45-47-49-51-53-58(69)61(71)57(56-76-66-64(74)63(73)62(72)60(55-68)77-66)67-65(75)59(70)54-52-50-48-46-44-42-40-37-22-20-18-16-14-12-10-8-6-4-2/h33-34,38-39,45,47,57-64,66,68-74H,3-32,35-37,40-44,46,48-56H2,1-2H3,(H,67,75)/b34-33+,39-38+,47-45+. The molecule has 11 heteroatoms. The molecule has 1 rings (SSSR count). The number of ether oxygens (including phenoxy) is 2. The van der Waals surface area contributed by atoms with Crippen LogP contribution in [-0.2, 0) is 14.3 Å². The maximum absolute atomic E-state index is 13.2. The second-order valence-corrected chi connectivity index (χ2v) is 23.2. The molecule has 1 saturated heterocycles. The molecule has 11 nitrogen and oxygen atoms in total. The Labute approximate surface area is 473 Å². The summed E-state index contributed by atoms with van der Waals surface area (Å²) >= 11 is 0. The fourth-order valence-corrected chi connectivity index (χ4v) is 10.6. The Bertz CT molecular complexity index is 1350. The molecule has 454 valence electrons. The zero-order valence-corrected chi connectivity index (χ0v) is 50.0. The largest absolute Gasteiger partial charge is 0.394 e. The second kappa shape index (κ2) is 54.9. The minimum absolute atomic E-state index is 0.243. The van der Waals surface area contributed by atoms with Crippen molar-refractivity contribution >= 4 is 5.91 Å². The molecule has 0 saturated carbocycles. The third kappa shape index (κ3) is 42.8. The summed E-state index contributed by atoms with van der Waals surface area (Å²) in [4.78, 5) is 13.2. The van der Waals surface area contributed by atoms with Crippen molar-refractivity contribution in [1.29, 1.82) is 0 Å². The number of aliphatic hydroxyl groups is 7. The summed E-state index contributed by atoms with van der Waals surface area (Å²) in [5.74, 6) is -0.708. The average Bonchev–Trinajstić information content (AvgIpc) is 3.43. The Morgan fingerprint density at radius 3 is 1.16 bits per heavy atom. The summed E-state index contributed by atoms with van der Waals surface area (Å²) in [7, 11) is 0. The van der Waals surface area contributed by atoms with Gasteiger partial charge in [-0.3, -0.25) is 4.79 Å². The zero-order valence-electron chi connectivity index (χ0n) is 50.0. The van der Waals surface area contributed by atoms with Crippen molar-refractivity contribution in [1.82, 2.24) is 5.32 Å². The SMILES string of the molecule is CCCCCCCCCCCCCCCCCCCCC/C=C/CC/C=C/CC/C=C/CCCC(O)C(O)C(COC1OC(CO)C(O)C(O)C1O)NC(=O)C(O)CCCCCCCCCCCCCCCCCCCC. The van der Waals surface area contributed by atoms with E-state index in [0.717, 1.165) is 44.9 Å². The Morgan fingerprint density at radius 2 is 0.779 bits per heavy atom. The molecule has 77 heavy (non-hydrogen) atoms.